The molecule has 1 aromatic carbocycles. The van der Waals surface area contributed by atoms with Gasteiger partial charge in [-0.15, -0.1) is 5.10 Å². The molecule has 4 nitrogen and oxygen atoms in total. The van der Waals surface area contributed by atoms with Crippen LogP contribution >= 0.6 is 0 Å². The molecule has 0 fully saturated rings. The number of para-hydroxylation sites is 1. The van der Waals surface area contributed by atoms with Crippen molar-refractivity contribution in [1.29, 1.82) is 0 Å². The standard InChI is InChI=1S/C6H4FN3O/c7-11-10-6-4-2-1-3-5(6)8-9-10/h1-4H. The molecule has 1 heterocycles. The Balaban J connectivity index is 2.76. The summed E-state index contributed by atoms with van der Waals surface area (Å²) < 4.78 is 11.6. The van der Waals surface area contributed by atoms with Crippen molar-refractivity contribution in [3.63, 3.8) is 0 Å². The second-order valence-corrected chi connectivity index (χ2v) is 2.02. The zero-order valence-corrected chi connectivity index (χ0v) is 5.44. The van der Waals surface area contributed by atoms with Crippen molar-refractivity contribution in [2.45, 2.75) is 0 Å². The van der Waals surface area contributed by atoms with Crippen molar-refractivity contribution < 1.29 is 9.57 Å². The fraction of sp³-hybridized carbons (Fsp3) is 0. The molecule has 2 aromatic rings. The molecule has 56 valence electrons. The Hall–Kier alpha value is -1.65. The van der Waals surface area contributed by atoms with E-state index >= 15 is 0 Å². The van der Waals surface area contributed by atoms with Crippen LogP contribution in [0.2, 0.25) is 0 Å². The molecule has 1 aromatic heterocycles. The van der Waals surface area contributed by atoms with Gasteiger partial charge in [0, 0.05) is 4.53 Å². The first-order valence-electron chi connectivity index (χ1n) is 3.01. The normalized spacial score (nSPS) is 10.3. The number of rotatable bonds is 1. The van der Waals surface area contributed by atoms with Gasteiger partial charge < -0.3 is 0 Å². The fourth-order valence-electron chi connectivity index (χ4n) is 0.898. The van der Waals surface area contributed by atoms with E-state index in [4.69, 9.17) is 0 Å². The highest BCUT2D eigenvalue weighted by molar-refractivity contribution is 5.73. The number of nitrogens with zero attached hydrogens (tertiary/aromatic N) is 3. The van der Waals surface area contributed by atoms with Crippen LogP contribution in [-0.2, 0) is 0 Å². The SMILES string of the molecule is FOn1nnc2ccccc21. The molecule has 0 aliphatic heterocycles. The molecule has 0 aliphatic rings. The van der Waals surface area contributed by atoms with E-state index in [0.717, 1.165) is 4.85 Å². The summed E-state index contributed by atoms with van der Waals surface area (Å²) in [5.74, 6) is 0. The summed E-state index contributed by atoms with van der Waals surface area (Å²) in [5.41, 5.74) is 1.11. The highest BCUT2D eigenvalue weighted by Crippen LogP contribution is 2.07. The van der Waals surface area contributed by atoms with E-state index in [9.17, 15) is 4.53 Å². The minimum atomic E-state index is 0.509. The van der Waals surface area contributed by atoms with E-state index < -0.39 is 0 Å². The maximum absolute atomic E-state index is 11.6. The van der Waals surface area contributed by atoms with Crippen molar-refractivity contribution >= 4 is 11.0 Å². The molecule has 0 saturated carbocycles. The molecule has 2 rings (SSSR count). The Bertz CT molecular complexity index is 373. The summed E-state index contributed by atoms with van der Waals surface area (Å²) in [5, 5.41) is 10.4. The first-order valence-corrected chi connectivity index (χ1v) is 3.01. The van der Waals surface area contributed by atoms with Gasteiger partial charge in [0.25, 0.3) is 0 Å². The number of aromatic nitrogens is 3. The van der Waals surface area contributed by atoms with Gasteiger partial charge in [-0.3, -0.25) is 0 Å². The predicted octanol–water partition coefficient (Wildman–Crippen LogP) is 0.744. The van der Waals surface area contributed by atoms with Gasteiger partial charge in [-0.05, 0) is 22.2 Å². The van der Waals surface area contributed by atoms with Crippen molar-refractivity contribution in [1.82, 2.24) is 15.2 Å². The number of fused-ring (bicyclic) bond motifs is 1. The van der Waals surface area contributed by atoms with Gasteiger partial charge in [0.15, 0.2) is 0 Å². The van der Waals surface area contributed by atoms with E-state index in [1.54, 1.807) is 24.3 Å². The lowest BCUT2D eigenvalue weighted by atomic mass is 10.3. The van der Waals surface area contributed by atoms with Crippen LogP contribution in [0.5, 0.6) is 0 Å². The third-order valence-electron chi connectivity index (χ3n) is 1.39. The predicted molar refractivity (Wildman–Crippen MR) is 35.2 cm³/mol. The molecule has 5 heteroatoms. The second kappa shape index (κ2) is 2.19. The quantitative estimate of drug-likeness (QED) is 0.606. The third-order valence-corrected chi connectivity index (χ3v) is 1.39. The van der Waals surface area contributed by atoms with Crippen LogP contribution < -0.4 is 5.04 Å². The first-order chi connectivity index (χ1) is 5.42. The van der Waals surface area contributed by atoms with Crippen LogP contribution in [-0.4, -0.2) is 15.2 Å². The maximum atomic E-state index is 11.6. The summed E-state index contributed by atoms with van der Waals surface area (Å²) in [7, 11) is 0. The molecule has 0 spiro atoms. The van der Waals surface area contributed by atoms with E-state index in [1.807, 2.05) is 0 Å². The van der Waals surface area contributed by atoms with Gasteiger partial charge in [0.05, 0.1) is 0 Å². The van der Waals surface area contributed by atoms with E-state index in [-0.39, 0.29) is 0 Å². The number of benzene rings is 1. The minimum absolute atomic E-state index is 0.509. The number of hydrogen-bond acceptors (Lipinski definition) is 3. The van der Waals surface area contributed by atoms with Gasteiger partial charge in [0.1, 0.15) is 11.0 Å². The Kier molecular flexibility index (Phi) is 1.21. The summed E-state index contributed by atoms with van der Waals surface area (Å²) >= 11 is 0. The summed E-state index contributed by atoms with van der Waals surface area (Å²) in [6, 6.07) is 6.92. The monoisotopic (exact) mass is 153 g/mol. The molecule has 0 N–H and O–H groups in total. The molecule has 0 radical (unpaired) electrons. The van der Waals surface area contributed by atoms with Gasteiger partial charge >= 0.3 is 0 Å². The van der Waals surface area contributed by atoms with Gasteiger partial charge in [0.2, 0.25) is 0 Å². The summed E-state index contributed by atoms with van der Waals surface area (Å²) in [4.78, 5) is 0.718. The molecular formula is C6H4FN3O. The van der Waals surface area contributed by atoms with E-state index in [0.29, 0.717) is 11.0 Å². The Labute approximate surface area is 61.0 Å². The van der Waals surface area contributed by atoms with Crippen molar-refractivity contribution in [2.75, 3.05) is 0 Å². The van der Waals surface area contributed by atoms with Crippen LogP contribution in [0, 0.1) is 0 Å². The van der Waals surface area contributed by atoms with E-state index in [2.05, 4.69) is 15.4 Å². The van der Waals surface area contributed by atoms with Crippen LogP contribution in [0.25, 0.3) is 11.0 Å². The zero-order chi connectivity index (χ0) is 7.68. The number of hydrogen-bond donors (Lipinski definition) is 0. The van der Waals surface area contributed by atoms with Crippen molar-refractivity contribution in [3.05, 3.63) is 24.3 Å². The van der Waals surface area contributed by atoms with Crippen LogP contribution in [0.1, 0.15) is 0 Å². The Morgan fingerprint density at radius 3 is 3.00 bits per heavy atom. The topological polar surface area (TPSA) is 39.9 Å². The lowest BCUT2D eigenvalue weighted by molar-refractivity contribution is -0.148. The molecule has 0 saturated heterocycles. The molecule has 0 atom stereocenters. The lowest BCUT2D eigenvalue weighted by Gasteiger charge is -1.89. The average Bonchev–Trinajstić information content (AvgIpc) is 2.47. The molecular weight excluding hydrogens is 149 g/mol. The molecule has 0 bridgehead atoms. The van der Waals surface area contributed by atoms with Gasteiger partial charge in [-0.25, -0.2) is 0 Å². The first kappa shape index (κ1) is 6.09. The van der Waals surface area contributed by atoms with Crippen LogP contribution in [0.15, 0.2) is 24.3 Å². The van der Waals surface area contributed by atoms with E-state index in [1.165, 1.54) is 0 Å². The largest absolute Gasteiger partial charge is 0.173 e. The summed E-state index contributed by atoms with van der Waals surface area (Å²) in [6.07, 6.45) is 0. The highest BCUT2D eigenvalue weighted by Gasteiger charge is 2.02. The molecule has 0 amide bonds. The second-order valence-electron chi connectivity index (χ2n) is 2.02. The Morgan fingerprint density at radius 2 is 2.18 bits per heavy atom. The third kappa shape index (κ3) is 0.813. The van der Waals surface area contributed by atoms with Crippen molar-refractivity contribution in [2.24, 2.45) is 0 Å². The van der Waals surface area contributed by atoms with Gasteiger partial charge in [-0.1, -0.05) is 12.1 Å². The molecule has 0 aliphatic carbocycles. The molecule has 11 heavy (non-hydrogen) atoms. The highest BCUT2D eigenvalue weighted by atomic mass is 19.3. The van der Waals surface area contributed by atoms with Gasteiger partial charge in [-0.2, -0.15) is 5.04 Å². The zero-order valence-electron chi connectivity index (χ0n) is 5.44. The summed E-state index contributed by atoms with van der Waals surface area (Å²) in [6.45, 7) is 0. The maximum Gasteiger partial charge on any atom is 0.135 e. The van der Waals surface area contributed by atoms with Crippen LogP contribution in [0.4, 0.5) is 4.53 Å². The Morgan fingerprint density at radius 1 is 1.36 bits per heavy atom. The molecule has 0 unspecified atom stereocenters. The smallest absolute Gasteiger partial charge is 0.135 e. The minimum Gasteiger partial charge on any atom is -0.173 e. The van der Waals surface area contributed by atoms with Crippen LogP contribution in [0.3, 0.4) is 0 Å². The number of halogens is 1. The fourth-order valence-corrected chi connectivity index (χ4v) is 0.898. The average molecular weight is 153 g/mol. The van der Waals surface area contributed by atoms with Crippen molar-refractivity contribution in [3.8, 4) is 0 Å². The lowest BCUT2D eigenvalue weighted by Crippen LogP contribution is -2.02.